The van der Waals surface area contributed by atoms with Crippen LogP contribution in [0.25, 0.3) is 6.08 Å². The lowest BCUT2D eigenvalue weighted by Crippen LogP contribution is -2.31. The maximum absolute atomic E-state index is 12.5. The van der Waals surface area contributed by atoms with E-state index in [2.05, 4.69) is 0 Å². The number of phenols is 1. The van der Waals surface area contributed by atoms with Crippen molar-refractivity contribution in [3.05, 3.63) is 23.8 Å². The number of hydrogen-bond acceptors (Lipinski definition) is 7. The largest absolute Gasteiger partial charge is 0.502 e. The maximum Gasteiger partial charge on any atom is 0.343 e. The quantitative estimate of drug-likeness (QED) is 0.563. The van der Waals surface area contributed by atoms with Crippen molar-refractivity contribution < 1.29 is 33.0 Å². The second-order valence-electron chi connectivity index (χ2n) is 5.39. The van der Waals surface area contributed by atoms with E-state index in [1.807, 2.05) is 0 Å². The third kappa shape index (κ3) is 3.80. The highest BCUT2D eigenvalue weighted by Gasteiger charge is 2.46. The zero-order valence-electron chi connectivity index (χ0n) is 14.7. The average molecular weight is 358 g/mol. The van der Waals surface area contributed by atoms with E-state index in [1.54, 1.807) is 12.1 Å². The summed E-state index contributed by atoms with van der Waals surface area (Å²) in [5, 5.41) is 8.53. The normalized spacial score (nSPS) is 12.4. The van der Waals surface area contributed by atoms with E-state index in [0.29, 0.717) is 5.56 Å². The smallest absolute Gasteiger partial charge is 0.343 e. The van der Waals surface area contributed by atoms with Crippen LogP contribution in [0.5, 0.6) is 17.2 Å². The summed E-state index contributed by atoms with van der Waals surface area (Å²) in [6.07, 6.45) is 2.78. The van der Waals surface area contributed by atoms with Crippen LogP contribution >= 0.6 is 7.60 Å². The molecule has 0 spiro atoms. The van der Waals surface area contributed by atoms with Gasteiger partial charge in [0, 0.05) is 14.2 Å². The average Bonchev–Trinajstić information content (AvgIpc) is 2.59. The van der Waals surface area contributed by atoms with E-state index in [-0.39, 0.29) is 17.2 Å². The highest BCUT2D eigenvalue weighted by Crippen LogP contribution is 2.59. The summed E-state index contributed by atoms with van der Waals surface area (Å²) in [6, 6.07) is 3.09. The molecule has 1 aromatic rings. The number of aromatic hydroxyl groups is 1. The molecule has 0 bridgehead atoms. The monoisotopic (exact) mass is 358 g/mol. The van der Waals surface area contributed by atoms with Gasteiger partial charge in [0.15, 0.2) is 17.3 Å². The fraction of sp³-hybridized carbons (Fsp3) is 0.438. The number of phenolic OH excluding ortho intramolecular Hbond substituents is 1. The Bertz CT molecular complexity index is 646. The van der Waals surface area contributed by atoms with Crippen molar-refractivity contribution >= 4 is 19.5 Å². The number of ketones is 1. The first kappa shape index (κ1) is 20.2. The Morgan fingerprint density at radius 2 is 1.54 bits per heavy atom. The molecule has 1 N–H and O–H groups in total. The van der Waals surface area contributed by atoms with E-state index in [1.165, 1.54) is 54.4 Å². The molecule has 7 nitrogen and oxygen atoms in total. The van der Waals surface area contributed by atoms with Crippen LogP contribution in [0.1, 0.15) is 19.4 Å². The van der Waals surface area contributed by atoms with Crippen LogP contribution in [-0.4, -0.2) is 44.5 Å². The highest BCUT2D eigenvalue weighted by molar-refractivity contribution is 7.56. The number of carbonyl (C=O) groups is 1. The standard InChI is InChI=1S/C16H23O7P/c1-16(2,24(19,22-5)23-6)14(17)8-7-11-9-12(20-3)15(18)13(10-11)21-4/h7-10,18H,1-6H3. The molecule has 0 aromatic heterocycles. The molecule has 0 saturated carbocycles. The minimum atomic E-state index is -3.59. The summed E-state index contributed by atoms with van der Waals surface area (Å²) in [7, 11) is 1.69. The van der Waals surface area contributed by atoms with Crippen molar-refractivity contribution in [2.45, 2.75) is 19.0 Å². The third-order valence-electron chi connectivity index (χ3n) is 3.70. The van der Waals surface area contributed by atoms with E-state index in [0.717, 1.165) is 0 Å². The van der Waals surface area contributed by atoms with Gasteiger partial charge in [-0.2, -0.15) is 0 Å². The van der Waals surface area contributed by atoms with Crippen LogP contribution in [-0.2, 0) is 18.4 Å². The minimum absolute atomic E-state index is 0.132. The van der Waals surface area contributed by atoms with Crippen molar-refractivity contribution in [1.82, 2.24) is 0 Å². The Balaban J connectivity index is 3.17. The molecule has 24 heavy (non-hydrogen) atoms. The molecular weight excluding hydrogens is 335 g/mol. The Morgan fingerprint density at radius 1 is 1.08 bits per heavy atom. The van der Waals surface area contributed by atoms with Gasteiger partial charge < -0.3 is 23.6 Å². The number of methoxy groups -OCH3 is 2. The molecule has 0 radical (unpaired) electrons. The van der Waals surface area contributed by atoms with Gasteiger partial charge in [-0.3, -0.25) is 9.36 Å². The molecule has 0 aliphatic carbocycles. The van der Waals surface area contributed by atoms with Crippen molar-refractivity contribution in [1.29, 1.82) is 0 Å². The molecule has 0 heterocycles. The van der Waals surface area contributed by atoms with Gasteiger partial charge in [-0.25, -0.2) is 0 Å². The summed E-state index contributed by atoms with van der Waals surface area (Å²) in [5.74, 6) is -0.145. The zero-order valence-corrected chi connectivity index (χ0v) is 15.5. The van der Waals surface area contributed by atoms with Gasteiger partial charge in [0.05, 0.1) is 14.2 Å². The summed E-state index contributed by atoms with van der Waals surface area (Å²) >= 11 is 0. The fourth-order valence-corrected chi connectivity index (χ4v) is 3.46. The molecule has 0 aliphatic rings. The molecule has 0 saturated heterocycles. The number of benzene rings is 1. The zero-order chi connectivity index (χ0) is 18.5. The minimum Gasteiger partial charge on any atom is -0.502 e. The topological polar surface area (TPSA) is 91.3 Å². The molecule has 0 fully saturated rings. The van der Waals surface area contributed by atoms with Gasteiger partial charge in [0.25, 0.3) is 0 Å². The summed E-state index contributed by atoms with van der Waals surface area (Å²) in [4.78, 5) is 12.4. The van der Waals surface area contributed by atoms with Crippen LogP contribution < -0.4 is 9.47 Å². The Morgan fingerprint density at radius 3 is 1.92 bits per heavy atom. The molecule has 8 heteroatoms. The summed E-state index contributed by atoms with van der Waals surface area (Å²) in [6.45, 7) is 2.98. The molecule has 0 aliphatic heterocycles. The first-order chi connectivity index (χ1) is 11.2. The van der Waals surface area contributed by atoms with Crippen LogP contribution in [0.15, 0.2) is 18.2 Å². The number of carbonyl (C=O) groups excluding carboxylic acids is 1. The molecule has 0 unspecified atom stereocenters. The first-order valence-corrected chi connectivity index (χ1v) is 8.60. The lowest BCUT2D eigenvalue weighted by molar-refractivity contribution is -0.116. The lowest BCUT2D eigenvalue weighted by atomic mass is 10.1. The van der Waals surface area contributed by atoms with Gasteiger partial charge in [-0.1, -0.05) is 6.08 Å². The fourth-order valence-electron chi connectivity index (χ4n) is 2.05. The number of ether oxygens (including phenoxy) is 2. The van der Waals surface area contributed by atoms with Gasteiger partial charge >= 0.3 is 7.60 Å². The molecule has 0 atom stereocenters. The summed E-state index contributed by atoms with van der Waals surface area (Å²) < 4.78 is 32.5. The van der Waals surface area contributed by atoms with E-state index in [9.17, 15) is 14.5 Å². The molecule has 134 valence electrons. The Kier molecular flexibility index (Phi) is 6.60. The van der Waals surface area contributed by atoms with Gasteiger partial charge in [-0.15, -0.1) is 0 Å². The van der Waals surface area contributed by atoms with Gasteiger partial charge in [0.2, 0.25) is 5.75 Å². The predicted octanol–water partition coefficient (Wildman–Crippen LogP) is 3.26. The van der Waals surface area contributed by atoms with Gasteiger partial charge in [0.1, 0.15) is 5.16 Å². The Hall–Kier alpha value is -1.82. The van der Waals surface area contributed by atoms with Crippen molar-refractivity contribution in [3.8, 4) is 17.2 Å². The first-order valence-electron chi connectivity index (χ1n) is 7.06. The molecule has 1 rings (SSSR count). The van der Waals surface area contributed by atoms with Crippen molar-refractivity contribution in [2.24, 2.45) is 0 Å². The van der Waals surface area contributed by atoms with E-state index in [4.69, 9.17) is 18.5 Å². The lowest BCUT2D eigenvalue weighted by Gasteiger charge is -2.28. The summed E-state index contributed by atoms with van der Waals surface area (Å²) in [5.41, 5.74) is 0.565. The second-order valence-corrected chi connectivity index (χ2v) is 8.24. The van der Waals surface area contributed by atoms with E-state index < -0.39 is 18.5 Å². The molecule has 1 aromatic carbocycles. The number of hydrogen-bond donors (Lipinski definition) is 1. The van der Waals surface area contributed by atoms with Crippen LogP contribution in [0, 0.1) is 0 Å². The van der Waals surface area contributed by atoms with Gasteiger partial charge in [-0.05, 0) is 37.6 Å². The van der Waals surface area contributed by atoms with Crippen LogP contribution in [0.3, 0.4) is 0 Å². The number of allylic oxidation sites excluding steroid dienone is 1. The number of rotatable bonds is 8. The predicted molar refractivity (Wildman–Crippen MR) is 91.0 cm³/mol. The second kappa shape index (κ2) is 7.83. The van der Waals surface area contributed by atoms with Crippen LogP contribution in [0.4, 0.5) is 0 Å². The van der Waals surface area contributed by atoms with Crippen molar-refractivity contribution in [2.75, 3.05) is 28.4 Å². The third-order valence-corrected chi connectivity index (χ3v) is 6.25. The highest BCUT2D eigenvalue weighted by atomic mass is 31.2. The maximum atomic E-state index is 12.5. The van der Waals surface area contributed by atoms with Crippen LogP contribution in [0.2, 0.25) is 0 Å². The molecular formula is C16H23O7P. The molecule has 0 amide bonds. The van der Waals surface area contributed by atoms with E-state index >= 15 is 0 Å². The SMILES string of the molecule is COc1cc(C=CC(=O)C(C)(C)P(=O)(OC)OC)cc(OC)c1O. The Labute approximate surface area is 141 Å². The van der Waals surface area contributed by atoms with Crippen molar-refractivity contribution in [3.63, 3.8) is 0 Å².